The predicted molar refractivity (Wildman–Crippen MR) is 92.2 cm³/mol. The van der Waals surface area contributed by atoms with E-state index >= 15 is 0 Å². The molecule has 0 heterocycles. The smallest absolute Gasteiger partial charge is 0.309 e. The van der Waals surface area contributed by atoms with Crippen LogP contribution in [0.5, 0.6) is 0 Å². The van der Waals surface area contributed by atoms with Gasteiger partial charge in [0.05, 0.1) is 6.10 Å². The second-order valence-corrected chi connectivity index (χ2v) is 5.72. The molecule has 1 atom stereocenters. The highest BCUT2D eigenvalue weighted by molar-refractivity contribution is 6.35. The summed E-state index contributed by atoms with van der Waals surface area (Å²) in [5, 5.41) is 14.9. The van der Waals surface area contributed by atoms with Crippen molar-refractivity contribution < 1.29 is 14.7 Å². The van der Waals surface area contributed by atoms with Gasteiger partial charge in [0.1, 0.15) is 0 Å². The Morgan fingerprint density at radius 2 is 1.54 bits per heavy atom. The van der Waals surface area contributed by atoms with Gasteiger partial charge in [-0.25, -0.2) is 0 Å². The second-order valence-electron chi connectivity index (χ2n) is 5.72. The summed E-state index contributed by atoms with van der Waals surface area (Å²) in [6.07, 6.45) is -0.312. The van der Waals surface area contributed by atoms with E-state index in [0.29, 0.717) is 13.0 Å². The average molecular weight is 326 g/mol. The number of aliphatic hydroxyl groups is 1. The van der Waals surface area contributed by atoms with Gasteiger partial charge in [-0.15, -0.1) is 0 Å². The highest BCUT2D eigenvalue weighted by Crippen LogP contribution is 2.03. The number of hydrogen-bond acceptors (Lipinski definition) is 3. The minimum atomic E-state index is -0.741. The van der Waals surface area contributed by atoms with Crippen molar-refractivity contribution in [3.8, 4) is 0 Å². The van der Waals surface area contributed by atoms with Crippen LogP contribution in [0.15, 0.2) is 54.6 Å². The molecule has 0 saturated carbocycles. The third-order valence-corrected chi connectivity index (χ3v) is 3.59. The number of amides is 2. The fraction of sp³-hybridized carbons (Fsp3) is 0.263. The summed E-state index contributed by atoms with van der Waals surface area (Å²) >= 11 is 0. The average Bonchev–Trinajstić information content (AvgIpc) is 2.59. The molecule has 3 N–H and O–H groups in total. The van der Waals surface area contributed by atoms with Crippen molar-refractivity contribution in [3.05, 3.63) is 71.3 Å². The van der Waals surface area contributed by atoms with Crippen molar-refractivity contribution in [3.63, 3.8) is 0 Å². The summed E-state index contributed by atoms with van der Waals surface area (Å²) in [5.41, 5.74) is 3.03. The molecule has 0 aliphatic rings. The van der Waals surface area contributed by atoms with Gasteiger partial charge in [-0.2, -0.15) is 0 Å². The number of carbonyl (C=O) groups is 2. The van der Waals surface area contributed by atoms with Crippen molar-refractivity contribution in [2.45, 2.75) is 26.0 Å². The van der Waals surface area contributed by atoms with Crippen LogP contribution in [0.1, 0.15) is 16.7 Å². The van der Waals surface area contributed by atoms with Gasteiger partial charge in [-0.1, -0.05) is 60.2 Å². The standard InChI is InChI=1S/C19H22N2O3/c1-14-7-9-16(10-8-14)12-20-18(23)19(24)21-13-17(22)11-15-5-3-2-4-6-15/h2-10,17,22H,11-13H2,1H3,(H,20,23)(H,21,24). The molecule has 2 rings (SSSR count). The maximum absolute atomic E-state index is 11.7. The molecule has 2 aromatic rings. The Hall–Kier alpha value is -2.66. The molecule has 2 aromatic carbocycles. The van der Waals surface area contributed by atoms with E-state index in [9.17, 15) is 14.7 Å². The van der Waals surface area contributed by atoms with Crippen LogP contribution >= 0.6 is 0 Å². The van der Waals surface area contributed by atoms with Crippen molar-refractivity contribution in [2.24, 2.45) is 0 Å². The molecule has 0 spiro atoms. The number of benzene rings is 2. The van der Waals surface area contributed by atoms with Gasteiger partial charge in [0.25, 0.3) is 0 Å². The minimum Gasteiger partial charge on any atom is -0.391 e. The number of rotatable bonds is 6. The predicted octanol–water partition coefficient (Wildman–Crippen LogP) is 1.33. The lowest BCUT2D eigenvalue weighted by Crippen LogP contribution is -2.42. The molecule has 5 nitrogen and oxygen atoms in total. The van der Waals surface area contributed by atoms with Gasteiger partial charge in [0, 0.05) is 19.5 Å². The summed E-state index contributed by atoms with van der Waals surface area (Å²) in [7, 11) is 0. The molecule has 0 saturated heterocycles. The number of aryl methyl sites for hydroxylation is 1. The minimum absolute atomic E-state index is 0.0334. The Kier molecular flexibility index (Phi) is 6.51. The third-order valence-electron chi connectivity index (χ3n) is 3.59. The quantitative estimate of drug-likeness (QED) is 0.701. The van der Waals surface area contributed by atoms with E-state index in [4.69, 9.17) is 0 Å². The fourth-order valence-electron chi connectivity index (χ4n) is 2.22. The number of nitrogens with one attached hydrogen (secondary N) is 2. The molecule has 0 fully saturated rings. The normalized spacial score (nSPS) is 11.6. The van der Waals surface area contributed by atoms with E-state index in [1.54, 1.807) is 0 Å². The summed E-state index contributed by atoms with van der Waals surface area (Å²) in [6.45, 7) is 2.31. The van der Waals surface area contributed by atoms with E-state index in [2.05, 4.69) is 10.6 Å². The Morgan fingerprint density at radius 3 is 2.21 bits per heavy atom. The first-order chi connectivity index (χ1) is 11.5. The van der Waals surface area contributed by atoms with Crippen molar-refractivity contribution in [1.82, 2.24) is 10.6 Å². The molecule has 0 radical (unpaired) electrons. The Morgan fingerprint density at radius 1 is 0.917 bits per heavy atom. The Bertz CT molecular complexity index is 669. The van der Waals surface area contributed by atoms with Crippen LogP contribution in [0, 0.1) is 6.92 Å². The lowest BCUT2D eigenvalue weighted by atomic mass is 10.1. The third kappa shape index (κ3) is 5.85. The van der Waals surface area contributed by atoms with Gasteiger partial charge in [-0.3, -0.25) is 9.59 Å². The summed E-state index contributed by atoms with van der Waals surface area (Å²) in [5.74, 6) is -1.45. The van der Waals surface area contributed by atoms with Gasteiger partial charge >= 0.3 is 11.8 Å². The van der Waals surface area contributed by atoms with E-state index < -0.39 is 17.9 Å². The SMILES string of the molecule is Cc1ccc(CNC(=O)C(=O)NCC(O)Cc2ccccc2)cc1. The van der Waals surface area contributed by atoms with Crippen LogP contribution in [0.4, 0.5) is 0 Å². The second kappa shape index (κ2) is 8.84. The van der Waals surface area contributed by atoms with Gasteiger partial charge in [0.15, 0.2) is 0 Å². The Labute approximate surface area is 141 Å². The number of carbonyl (C=O) groups excluding carboxylic acids is 2. The fourth-order valence-corrected chi connectivity index (χ4v) is 2.22. The molecule has 1 unspecified atom stereocenters. The van der Waals surface area contributed by atoms with Crippen molar-refractivity contribution in [2.75, 3.05) is 6.54 Å². The summed E-state index contributed by atoms with van der Waals surface area (Å²) in [6, 6.07) is 17.2. The molecule has 0 aliphatic carbocycles. The first-order valence-corrected chi connectivity index (χ1v) is 7.88. The Balaban J connectivity index is 1.71. The lowest BCUT2D eigenvalue weighted by molar-refractivity contribution is -0.139. The first-order valence-electron chi connectivity index (χ1n) is 7.88. The number of hydrogen-bond donors (Lipinski definition) is 3. The zero-order chi connectivity index (χ0) is 17.4. The highest BCUT2D eigenvalue weighted by Gasteiger charge is 2.14. The maximum atomic E-state index is 11.7. The van der Waals surface area contributed by atoms with Crippen LogP contribution in [0.2, 0.25) is 0 Å². The van der Waals surface area contributed by atoms with Gasteiger partial charge < -0.3 is 15.7 Å². The molecule has 2 amide bonds. The van der Waals surface area contributed by atoms with Crippen LogP contribution in [0.3, 0.4) is 0 Å². The topological polar surface area (TPSA) is 78.4 Å². The summed E-state index contributed by atoms with van der Waals surface area (Å²) in [4.78, 5) is 23.5. The van der Waals surface area contributed by atoms with E-state index in [0.717, 1.165) is 16.7 Å². The molecular formula is C19H22N2O3. The molecule has 5 heteroatoms. The highest BCUT2D eigenvalue weighted by atomic mass is 16.3. The van der Waals surface area contributed by atoms with E-state index in [1.807, 2.05) is 61.5 Å². The molecule has 0 aromatic heterocycles. The first kappa shape index (κ1) is 17.7. The summed E-state index contributed by atoms with van der Waals surface area (Å²) < 4.78 is 0. The van der Waals surface area contributed by atoms with Crippen LogP contribution < -0.4 is 10.6 Å². The van der Waals surface area contributed by atoms with Gasteiger partial charge in [-0.05, 0) is 18.1 Å². The maximum Gasteiger partial charge on any atom is 0.309 e. The van der Waals surface area contributed by atoms with E-state index in [-0.39, 0.29) is 6.54 Å². The zero-order valence-corrected chi connectivity index (χ0v) is 13.7. The van der Waals surface area contributed by atoms with Crippen molar-refractivity contribution >= 4 is 11.8 Å². The van der Waals surface area contributed by atoms with Gasteiger partial charge in [0.2, 0.25) is 0 Å². The van der Waals surface area contributed by atoms with Crippen LogP contribution in [-0.2, 0) is 22.6 Å². The van der Waals surface area contributed by atoms with Crippen LogP contribution in [0.25, 0.3) is 0 Å². The lowest BCUT2D eigenvalue weighted by Gasteiger charge is -2.12. The monoisotopic (exact) mass is 326 g/mol. The molecule has 0 aliphatic heterocycles. The molecule has 0 bridgehead atoms. The van der Waals surface area contributed by atoms with Crippen LogP contribution in [-0.4, -0.2) is 29.6 Å². The molecule has 24 heavy (non-hydrogen) atoms. The largest absolute Gasteiger partial charge is 0.391 e. The van der Waals surface area contributed by atoms with Crippen molar-refractivity contribution in [1.29, 1.82) is 0 Å². The molecular weight excluding hydrogens is 304 g/mol. The number of aliphatic hydroxyl groups excluding tert-OH is 1. The van der Waals surface area contributed by atoms with E-state index in [1.165, 1.54) is 0 Å². The zero-order valence-electron chi connectivity index (χ0n) is 13.7. The molecule has 126 valence electrons.